The molecule has 0 aromatic carbocycles. The van der Waals surface area contributed by atoms with Crippen LogP contribution in [0.2, 0.25) is 0 Å². The van der Waals surface area contributed by atoms with Crippen LogP contribution in [-0.2, 0) is 13.6 Å². The van der Waals surface area contributed by atoms with Gasteiger partial charge >= 0.3 is 5.82 Å². The summed E-state index contributed by atoms with van der Waals surface area (Å²) in [5, 5.41) is 13.4. The second-order valence-corrected chi connectivity index (χ2v) is 7.60. The maximum absolute atomic E-state index is 11.1. The average Bonchev–Trinajstić information content (AvgIpc) is 2.54. The zero-order valence-electron chi connectivity index (χ0n) is 13.8. The van der Waals surface area contributed by atoms with E-state index in [0.717, 1.165) is 13.1 Å². The van der Waals surface area contributed by atoms with E-state index in [-0.39, 0.29) is 5.82 Å². The summed E-state index contributed by atoms with van der Waals surface area (Å²) in [5.41, 5.74) is 0.985. The fraction of sp³-hybridized carbons (Fsp3) is 0.786. The Balaban J connectivity index is 2.09. The van der Waals surface area contributed by atoms with Gasteiger partial charge in [0.15, 0.2) is 5.69 Å². The Morgan fingerprint density at radius 3 is 2.48 bits per heavy atom. The highest BCUT2D eigenvalue weighted by Crippen LogP contribution is 2.36. The number of nitro groups is 1. The largest absolute Gasteiger partial charge is 0.390 e. The van der Waals surface area contributed by atoms with Crippen LogP contribution in [0.3, 0.4) is 0 Å². The van der Waals surface area contributed by atoms with Gasteiger partial charge in [0.1, 0.15) is 6.54 Å². The molecular weight excluding hydrogens is 270 g/mol. The predicted octanol–water partition coefficient (Wildman–Crippen LogP) is 1.80. The van der Waals surface area contributed by atoms with Crippen molar-refractivity contribution >= 4 is 5.82 Å². The summed E-state index contributed by atoms with van der Waals surface area (Å²) in [6.45, 7) is 9.43. The number of quaternary nitrogens is 1. The highest BCUT2D eigenvalue weighted by molar-refractivity contribution is 5.26. The van der Waals surface area contributed by atoms with Crippen molar-refractivity contribution in [3.63, 3.8) is 0 Å². The van der Waals surface area contributed by atoms with Gasteiger partial charge in [-0.3, -0.25) is 0 Å². The molecule has 1 aromatic rings. The molecule has 1 aliphatic heterocycles. The van der Waals surface area contributed by atoms with E-state index in [1.807, 2.05) is 7.05 Å². The molecule has 0 atom stereocenters. The van der Waals surface area contributed by atoms with E-state index in [9.17, 15) is 10.1 Å². The van der Waals surface area contributed by atoms with Gasteiger partial charge in [-0.25, -0.2) is 4.59 Å². The molecule has 0 N–H and O–H groups in total. The topological polar surface area (TPSA) is 64.2 Å². The lowest BCUT2D eigenvalue weighted by Gasteiger charge is -2.52. The van der Waals surface area contributed by atoms with Gasteiger partial charge in [-0.1, -0.05) is 20.8 Å². The van der Waals surface area contributed by atoms with Crippen LogP contribution in [0.5, 0.6) is 0 Å². The molecule has 2 rings (SSSR count). The van der Waals surface area contributed by atoms with Crippen LogP contribution < -0.4 is 0 Å². The molecule has 7 heteroatoms. The van der Waals surface area contributed by atoms with E-state index in [0.29, 0.717) is 28.2 Å². The minimum absolute atomic E-state index is 0.0309. The minimum atomic E-state index is -0.399. The van der Waals surface area contributed by atoms with Gasteiger partial charge in [-0.15, -0.1) is 0 Å². The van der Waals surface area contributed by atoms with Crippen LogP contribution in [0.1, 0.15) is 26.5 Å². The Morgan fingerprint density at radius 2 is 2.00 bits per heavy atom. The molecule has 0 amide bonds. The first-order valence-corrected chi connectivity index (χ1v) is 7.25. The summed E-state index contributed by atoms with van der Waals surface area (Å²) in [5.74, 6) is 0.646. The molecule has 1 fully saturated rings. The first-order chi connectivity index (χ1) is 9.52. The lowest BCUT2D eigenvalue weighted by Crippen LogP contribution is -2.65. The zero-order chi connectivity index (χ0) is 16.0. The minimum Gasteiger partial charge on any atom is -0.358 e. The quantitative estimate of drug-likeness (QED) is 0.483. The molecule has 0 radical (unpaired) electrons. The molecule has 1 aromatic heterocycles. The smallest absolute Gasteiger partial charge is 0.358 e. The summed E-state index contributed by atoms with van der Waals surface area (Å²) < 4.78 is 2.37. The van der Waals surface area contributed by atoms with Crippen molar-refractivity contribution in [2.75, 3.05) is 27.2 Å². The second-order valence-electron chi connectivity index (χ2n) is 7.60. The van der Waals surface area contributed by atoms with Crippen molar-refractivity contribution < 1.29 is 9.52 Å². The second kappa shape index (κ2) is 5.06. The molecule has 0 bridgehead atoms. The predicted molar refractivity (Wildman–Crippen MR) is 80.2 cm³/mol. The molecule has 118 valence electrons. The van der Waals surface area contributed by atoms with E-state index in [1.54, 1.807) is 4.57 Å². The van der Waals surface area contributed by atoms with Crippen molar-refractivity contribution in [1.29, 1.82) is 0 Å². The van der Waals surface area contributed by atoms with Gasteiger partial charge < -0.3 is 14.7 Å². The van der Waals surface area contributed by atoms with Crippen molar-refractivity contribution in [3.8, 4) is 0 Å². The summed E-state index contributed by atoms with van der Waals surface area (Å²) >= 11 is 0. The highest BCUT2D eigenvalue weighted by Gasteiger charge is 2.44. The number of nitrogens with zero attached hydrogens (tertiary/aromatic N) is 5. The number of imidazole rings is 1. The molecule has 7 nitrogen and oxygen atoms in total. The van der Waals surface area contributed by atoms with Gasteiger partial charge in [-0.2, -0.15) is 5.01 Å². The third-order valence-electron chi connectivity index (χ3n) is 4.60. The summed E-state index contributed by atoms with van der Waals surface area (Å²) in [7, 11) is 5.99. The van der Waals surface area contributed by atoms with Crippen LogP contribution >= 0.6 is 0 Å². The van der Waals surface area contributed by atoms with E-state index < -0.39 is 4.92 Å². The fourth-order valence-electron chi connectivity index (χ4n) is 2.69. The normalized spacial score (nSPS) is 17.8. The van der Waals surface area contributed by atoms with Gasteiger partial charge in [0, 0.05) is 7.05 Å². The molecule has 0 unspecified atom stereocenters. The lowest BCUT2D eigenvalue weighted by atomic mass is 9.76. The van der Waals surface area contributed by atoms with Gasteiger partial charge in [0.2, 0.25) is 6.33 Å². The zero-order valence-corrected chi connectivity index (χ0v) is 13.8. The third kappa shape index (κ3) is 3.08. The Morgan fingerprint density at radius 1 is 1.43 bits per heavy atom. The van der Waals surface area contributed by atoms with Crippen molar-refractivity contribution in [2.45, 2.75) is 27.3 Å². The summed E-state index contributed by atoms with van der Waals surface area (Å²) in [6, 6.07) is 0. The van der Waals surface area contributed by atoms with E-state index in [1.165, 1.54) is 6.33 Å². The van der Waals surface area contributed by atoms with Crippen molar-refractivity contribution in [1.82, 2.24) is 14.6 Å². The first kappa shape index (κ1) is 15.9. The molecule has 1 aliphatic rings. The third-order valence-corrected chi connectivity index (χ3v) is 4.60. The lowest BCUT2D eigenvalue weighted by molar-refractivity contribution is -1.02. The maximum atomic E-state index is 11.1. The molecule has 0 aliphatic carbocycles. The van der Waals surface area contributed by atoms with Crippen LogP contribution in [0.4, 0.5) is 5.82 Å². The standard InChI is InChI=1S/C14H26N5O2/c1-14(2,3)11-7-17(8-11)19(5,6)9-12-13(18(20)21)15-10-16(12)4/h10-11H,7-9H2,1-6H3/q+1. The Labute approximate surface area is 125 Å². The molecule has 2 heterocycles. The summed E-state index contributed by atoms with van der Waals surface area (Å²) in [4.78, 5) is 14.6. The van der Waals surface area contributed by atoms with Crippen LogP contribution in [0.25, 0.3) is 0 Å². The number of rotatable bonds is 4. The van der Waals surface area contributed by atoms with Crippen molar-refractivity contribution in [3.05, 3.63) is 22.1 Å². The molecule has 0 saturated carbocycles. The highest BCUT2D eigenvalue weighted by atomic mass is 16.6. The number of aromatic nitrogens is 2. The maximum Gasteiger partial charge on any atom is 0.390 e. The van der Waals surface area contributed by atoms with Gasteiger partial charge in [0.05, 0.1) is 27.2 Å². The van der Waals surface area contributed by atoms with Crippen LogP contribution in [0.15, 0.2) is 6.33 Å². The van der Waals surface area contributed by atoms with Crippen molar-refractivity contribution in [2.24, 2.45) is 18.4 Å². The number of hydrogen-bond donors (Lipinski definition) is 0. The number of aryl methyl sites for hydroxylation is 1. The van der Waals surface area contributed by atoms with E-state index in [2.05, 4.69) is 44.9 Å². The van der Waals surface area contributed by atoms with Gasteiger partial charge in [0.25, 0.3) is 0 Å². The Kier molecular flexibility index (Phi) is 3.84. The Hall–Kier alpha value is -1.47. The van der Waals surface area contributed by atoms with Gasteiger partial charge in [-0.05, 0) is 21.2 Å². The Bertz CT molecular complexity index is 538. The molecule has 1 saturated heterocycles. The molecule has 21 heavy (non-hydrogen) atoms. The molecule has 0 spiro atoms. The first-order valence-electron chi connectivity index (χ1n) is 7.25. The summed E-state index contributed by atoms with van der Waals surface area (Å²) in [6.07, 6.45) is 1.52. The van der Waals surface area contributed by atoms with E-state index >= 15 is 0 Å². The number of hydrogen-bond acceptors (Lipinski definition) is 4. The fourth-order valence-corrected chi connectivity index (χ4v) is 2.69. The average molecular weight is 296 g/mol. The van der Waals surface area contributed by atoms with E-state index in [4.69, 9.17) is 0 Å². The molecular formula is C14H26N5O2+. The monoisotopic (exact) mass is 296 g/mol. The SMILES string of the molecule is Cn1cnc([N+](=O)[O-])c1C[N+](C)(C)N1CC(C(C)(C)C)C1. The van der Waals surface area contributed by atoms with Crippen LogP contribution in [0, 0.1) is 21.4 Å². The van der Waals surface area contributed by atoms with Crippen LogP contribution in [-0.4, -0.2) is 51.3 Å².